The van der Waals surface area contributed by atoms with Gasteiger partial charge < -0.3 is 10.6 Å². The van der Waals surface area contributed by atoms with Crippen LogP contribution >= 0.6 is 11.3 Å². The van der Waals surface area contributed by atoms with E-state index >= 15 is 0 Å². The standard InChI is InChI=1S/C13H23N3S/c1-10(2)12-9-17-13(15-12)11-3-6-16(7-4-11)8-5-14/h9-11H,3-8,14H2,1-2H3. The van der Waals surface area contributed by atoms with Crippen molar-refractivity contribution in [2.24, 2.45) is 5.73 Å². The summed E-state index contributed by atoms with van der Waals surface area (Å²) in [6, 6.07) is 0. The molecular formula is C13H23N3S. The highest BCUT2D eigenvalue weighted by molar-refractivity contribution is 7.09. The number of aromatic nitrogens is 1. The smallest absolute Gasteiger partial charge is 0.0960 e. The van der Waals surface area contributed by atoms with Crippen LogP contribution in [0.1, 0.15) is 49.2 Å². The topological polar surface area (TPSA) is 42.1 Å². The van der Waals surface area contributed by atoms with Crippen molar-refractivity contribution in [1.82, 2.24) is 9.88 Å². The first-order chi connectivity index (χ1) is 8.20. The number of nitrogens with zero attached hydrogens (tertiary/aromatic N) is 2. The summed E-state index contributed by atoms with van der Waals surface area (Å²) in [5.74, 6) is 1.24. The monoisotopic (exact) mass is 253 g/mol. The number of nitrogens with two attached hydrogens (primary N) is 1. The minimum Gasteiger partial charge on any atom is -0.329 e. The average molecular weight is 253 g/mol. The minimum atomic E-state index is 0.553. The van der Waals surface area contributed by atoms with Crippen molar-refractivity contribution in [3.05, 3.63) is 16.1 Å². The second kappa shape index (κ2) is 5.94. The second-order valence-electron chi connectivity index (χ2n) is 5.17. The lowest BCUT2D eigenvalue weighted by Gasteiger charge is -2.30. The molecule has 1 saturated heterocycles. The third kappa shape index (κ3) is 3.27. The van der Waals surface area contributed by atoms with E-state index in [1.54, 1.807) is 0 Å². The molecule has 1 aromatic heterocycles. The Kier molecular flexibility index (Phi) is 4.54. The first-order valence-electron chi connectivity index (χ1n) is 6.58. The molecule has 1 aliphatic rings. The molecule has 2 heterocycles. The molecule has 2 N–H and O–H groups in total. The van der Waals surface area contributed by atoms with E-state index in [0.717, 1.165) is 13.1 Å². The molecule has 4 heteroatoms. The van der Waals surface area contributed by atoms with Crippen molar-refractivity contribution in [1.29, 1.82) is 0 Å². The summed E-state index contributed by atoms with van der Waals surface area (Å²) < 4.78 is 0. The largest absolute Gasteiger partial charge is 0.329 e. The highest BCUT2D eigenvalue weighted by Crippen LogP contribution is 2.31. The molecule has 96 valence electrons. The maximum absolute atomic E-state index is 5.59. The first kappa shape index (κ1) is 13.0. The Morgan fingerprint density at radius 2 is 2.18 bits per heavy atom. The van der Waals surface area contributed by atoms with Gasteiger partial charge in [0, 0.05) is 24.4 Å². The van der Waals surface area contributed by atoms with Gasteiger partial charge in [0.25, 0.3) is 0 Å². The average Bonchev–Trinajstić information content (AvgIpc) is 2.80. The molecule has 0 aliphatic carbocycles. The summed E-state index contributed by atoms with van der Waals surface area (Å²) in [7, 11) is 0. The van der Waals surface area contributed by atoms with Crippen molar-refractivity contribution in [2.75, 3.05) is 26.2 Å². The minimum absolute atomic E-state index is 0.553. The van der Waals surface area contributed by atoms with Gasteiger partial charge in [-0.1, -0.05) is 13.8 Å². The number of hydrogen-bond donors (Lipinski definition) is 1. The Balaban J connectivity index is 1.91. The molecule has 1 aromatic rings. The Morgan fingerprint density at radius 1 is 1.47 bits per heavy atom. The van der Waals surface area contributed by atoms with Crippen LogP contribution in [0.4, 0.5) is 0 Å². The van der Waals surface area contributed by atoms with Gasteiger partial charge in [0.15, 0.2) is 0 Å². The summed E-state index contributed by atoms with van der Waals surface area (Å²) >= 11 is 1.84. The molecule has 0 radical (unpaired) electrons. The van der Waals surface area contributed by atoms with E-state index in [4.69, 9.17) is 10.7 Å². The molecule has 0 amide bonds. The molecule has 0 bridgehead atoms. The predicted octanol–water partition coefficient (Wildman–Crippen LogP) is 2.40. The van der Waals surface area contributed by atoms with Crippen LogP contribution in [0, 0.1) is 0 Å². The van der Waals surface area contributed by atoms with Crippen molar-refractivity contribution < 1.29 is 0 Å². The van der Waals surface area contributed by atoms with Crippen LogP contribution in [-0.2, 0) is 0 Å². The predicted molar refractivity (Wildman–Crippen MR) is 73.7 cm³/mol. The van der Waals surface area contributed by atoms with Gasteiger partial charge in [-0.25, -0.2) is 4.98 Å². The van der Waals surface area contributed by atoms with Crippen molar-refractivity contribution in [2.45, 2.75) is 38.5 Å². The molecule has 0 aromatic carbocycles. The zero-order valence-electron chi connectivity index (χ0n) is 10.9. The number of rotatable bonds is 4. The number of thiazole rings is 1. The van der Waals surface area contributed by atoms with E-state index in [1.807, 2.05) is 11.3 Å². The lowest BCUT2D eigenvalue weighted by molar-refractivity contribution is 0.217. The van der Waals surface area contributed by atoms with E-state index in [9.17, 15) is 0 Å². The maximum atomic E-state index is 5.59. The second-order valence-corrected chi connectivity index (χ2v) is 6.06. The highest BCUT2D eigenvalue weighted by Gasteiger charge is 2.22. The molecule has 3 nitrogen and oxygen atoms in total. The van der Waals surface area contributed by atoms with Crippen molar-refractivity contribution in [3.63, 3.8) is 0 Å². The van der Waals surface area contributed by atoms with Gasteiger partial charge in [0.1, 0.15) is 0 Å². The summed E-state index contributed by atoms with van der Waals surface area (Å²) in [6.45, 7) is 8.60. The van der Waals surface area contributed by atoms with Gasteiger partial charge in [-0.15, -0.1) is 11.3 Å². The Bertz CT molecular complexity index is 340. The molecule has 2 rings (SSSR count). The van der Waals surface area contributed by atoms with Crippen LogP contribution in [0.25, 0.3) is 0 Å². The van der Waals surface area contributed by atoms with Crippen LogP contribution in [-0.4, -0.2) is 36.1 Å². The van der Waals surface area contributed by atoms with Gasteiger partial charge in [-0.3, -0.25) is 0 Å². The van der Waals surface area contributed by atoms with Gasteiger partial charge in [-0.05, 0) is 31.8 Å². The van der Waals surface area contributed by atoms with Crippen LogP contribution in [0.5, 0.6) is 0 Å². The summed E-state index contributed by atoms with van der Waals surface area (Å²) in [4.78, 5) is 7.25. The van der Waals surface area contributed by atoms with Crippen molar-refractivity contribution in [3.8, 4) is 0 Å². The van der Waals surface area contributed by atoms with Crippen LogP contribution in [0.2, 0.25) is 0 Å². The number of hydrogen-bond acceptors (Lipinski definition) is 4. The first-order valence-corrected chi connectivity index (χ1v) is 7.46. The summed E-state index contributed by atoms with van der Waals surface area (Å²) in [6.07, 6.45) is 2.48. The fourth-order valence-electron chi connectivity index (χ4n) is 2.34. The third-order valence-corrected chi connectivity index (χ3v) is 4.54. The van der Waals surface area contributed by atoms with E-state index in [0.29, 0.717) is 11.8 Å². The fourth-order valence-corrected chi connectivity index (χ4v) is 3.49. The molecule has 1 fully saturated rings. The number of likely N-dealkylation sites (tertiary alicyclic amines) is 1. The quantitative estimate of drug-likeness (QED) is 0.896. The van der Waals surface area contributed by atoms with Gasteiger partial charge in [-0.2, -0.15) is 0 Å². The SMILES string of the molecule is CC(C)c1csc(C2CCN(CCN)CC2)n1. The Labute approximate surface area is 108 Å². The van der Waals surface area contributed by atoms with E-state index < -0.39 is 0 Å². The third-order valence-electron chi connectivity index (χ3n) is 3.51. The zero-order valence-corrected chi connectivity index (χ0v) is 11.7. The van der Waals surface area contributed by atoms with Crippen molar-refractivity contribution >= 4 is 11.3 Å². The van der Waals surface area contributed by atoms with Gasteiger partial charge >= 0.3 is 0 Å². The van der Waals surface area contributed by atoms with E-state index in [2.05, 4.69) is 24.1 Å². The number of piperidine rings is 1. The molecule has 17 heavy (non-hydrogen) atoms. The van der Waals surface area contributed by atoms with E-state index in [-0.39, 0.29) is 0 Å². The Morgan fingerprint density at radius 3 is 2.71 bits per heavy atom. The molecule has 1 aliphatic heterocycles. The lowest BCUT2D eigenvalue weighted by Crippen LogP contribution is -2.36. The summed E-state index contributed by atoms with van der Waals surface area (Å²) in [5.41, 5.74) is 6.85. The normalized spacial score (nSPS) is 19.1. The molecule has 0 unspecified atom stereocenters. The lowest BCUT2D eigenvalue weighted by atomic mass is 9.97. The molecule has 0 atom stereocenters. The van der Waals surface area contributed by atoms with Gasteiger partial charge in [0.2, 0.25) is 0 Å². The van der Waals surface area contributed by atoms with Crippen LogP contribution in [0.3, 0.4) is 0 Å². The van der Waals surface area contributed by atoms with Crippen LogP contribution < -0.4 is 5.73 Å². The summed E-state index contributed by atoms with van der Waals surface area (Å²) in [5, 5.41) is 3.58. The molecule has 0 spiro atoms. The fraction of sp³-hybridized carbons (Fsp3) is 0.769. The van der Waals surface area contributed by atoms with Crippen LogP contribution in [0.15, 0.2) is 5.38 Å². The maximum Gasteiger partial charge on any atom is 0.0960 e. The molecular weight excluding hydrogens is 230 g/mol. The molecule has 0 saturated carbocycles. The van der Waals surface area contributed by atoms with E-state index in [1.165, 1.54) is 36.6 Å². The van der Waals surface area contributed by atoms with Gasteiger partial charge in [0.05, 0.1) is 10.7 Å². The zero-order chi connectivity index (χ0) is 12.3. The highest BCUT2D eigenvalue weighted by atomic mass is 32.1. The Hall–Kier alpha value is -0.450.